The van der Waals surface area contributed by atoms with Crippen LogP contribution in [0.3, 0.4) is 0 Å². The molecule has 1 fully saturated rings. The second kappa shape index (κ2) is 6.37. The SMILES string of the molecule is COc1ccc(Cl)cc1-c1cc(NC(=O)[C@H]2CCOC2)n[nH]1. The van der Waals surface area contributed by atoms with Crippen molar-refractivity contribution in [3.63, 3.8) is 0 Å². The Balaban J connectivity index is 1.79. The molecule has 1 saturated heterocycles. The summed E-state index contributed by atoms with van der Waals surface area (Å²) >= 11 is 6.03. The van der Waals surface area contributed by atoms with Crippen molar-refractivity contribution < 1.29 is 14.3 Å². The van der Waals surface area contributed by atoms with E-state index in [1.54, 1.807) is 31.4 Å². The van der Waals surface area contributed by atoms with Gasteiger partial charge in [0.1, 0.15) is 5.75 Å². The number of hydrogen-bond donors (Lipinski definition) is 2. The molecule has 0 aliphatic carbocycles. The van der Waals surface area contributed by atoms with E-state index in [0.29, 0.717) is 29.8 Å². The fourth-order valence-corrected chi connectivity index (χ4v) is 2.56. The van der Waals surface area contributed by atoms with Gasteiger partial charge in [-0.1, -0.05) is 11.6 Å². The number of nitrogens with one attached hydrogen (secondary N) is 2. The minimum Gasteiger partial charge on any atom is -0.496 e. The highest BCUT2D eigenvalue weighted by Crippen LogP contribution is 2.32. The molecule has 6 nitrogen and oxygen atoms in total. The van der Waals surface area contributed by atoms with Crippen molar-refractivity contribution in [2.45, 2.75) is 6.42 Å². The van der Waals surface area contributed by atoms with Crippen LogP contribution in [0.2, 0.25) is 5.02 Å². The first kappa shape index (κ1) is 14.9. The molecule has 0 spiro atoms. The highest BCUT2D eigenvalue weighted by atomic mass is 35.5. The van der Waals surface area contributed by atoms with Gasteiger partial charge in [0.05, 0.1) is 25.3 Å². The molecule has 116 valence electrons. The molecule has 0 unspecified atom stereocenters. The average Bonchev–Trinajstić information content (AvgIpc) is 3.18. The Morgan fingerprint density at radius 3 is 3.09 bits per heavy atom. The third-order valence-corrected chi connectivity index (χ3v) is 3.82. The maximum Gasteiger partial charge on any atom is 0.231 e. The van der Waals surface area contributed by atoms with Crippen molar-refractivity contribution in [1.29, 1.82) is 0 Å². The van der Waals surface area contributed by atoms with E-state index in [1.807, 2.05) is 0 Å². The molecule has 0 radical (unpaired) electrons. The molecular formula is C15H16ClN3O3. The number of methoxy groups -OCH3 is 1. The van der Waals surface area contributed by atoms with E-state index in [1.165, 1.54) is 0 Å². The van der Waals surface area contributed by atoms with E-state index in [9.17, 15) is 4.79 Å². The monoisotopic (exact) mass is 321 g/mol. The summed E-state index contributed by atoms with van der Waals surface area (Å²) < 4.78 is 10.5. The average molecular weight is 322 g/mol. The Kier molecular flexibility index (Phi) is 4.31. The zero-order valence-electron chi connectivity index (χ0n) is 12.1. The fraction of sp³-hybridized carbons (Fsp3) is 0.333. The molecule has 22 heavy (non-hydrogen) atoms. The summed E-state index contributed by atoms with van der Waals surface area (Å²) in [5.41, 5.74) is 1.50. The highest BCUT2D eigenvalue weighted by molar-refractivity contribution is 6.31. The molecule has 1 aliphatic rings. The number of carbonyl (C=O) groups is 1. The van der Waals surface area contributed by atoms with Crippen molar-refractivity contribution in [2.24, 2.45) is 5.92 Å². The number of amides is 1. The van der Waals surface area contributed by atoms with Crippen LogP contribution in [0, 0.1) is 5.92 Å². The molecule has 3 rings (SSSR count). The molecule has 2 N–H and O–H groups in total. The Labute approximate surface area is 132 Å². The number of hydrogen-bond acceptors (Lipinski definition) is 4. The van der Waals surface area contributed by atoms with E-state index in [-0.39, 0.29) is 11.8 Å². The van der Waals surface area contributed by atoms with Crippen LogP contribution >= 0.6 is 11.6 Å². The predicted molar refractivity (Wildman–Crippen MR) is 83.1 cm³/mol. The first-order valence-corrected chi connectivity index (χ1v) is 7.33. The Morgan fingerprint density at radius 1 is 1.50 bits per heavy atom. The molecule has 2 aromatic rings. The number of benzene rings is 1. The lowest BCUT2D eigenvalue weighted by molar-refractivity contribution is -0.119. The zero-order valence-corrected chi connectivity index (χ0v) is 12.8. The third-order valence-electron chi connectivity index (χ3n) is 3.58. The van der Waals surface area contributed by atoms with Crippen molar-refractivity contribution in [1.82, 2.24) is 10.2 Å². The van der Waals surface area contributed by atoms with Crippen molar-refractivity contribution >= 4 is 23.3 Å². The van der Waals surface area contributed by atoms with Gasteiger partial charge < -0.3 is 14.8 Å². The van der Waals surface area contributed by atoms with Gasteiger partial charge in [0.25, 0.3) is 0 Å². The molecule has 7 heteroatoms. The predicted octanol–water partition coefficient (Wildman–Crippen LogP) is 2.71. The summed E-state index contributed by atoms with van der Waals surface area (Å²) in [5, 5.41) is 10.4. The quantitative estimate of drug-likeness (QED) is 0.907. The van der Waals surface area contributed by atoms with Crippen LogP contribution in [0.4, 0.5) is 5.82 Å². The van der Waals surface area contributed by atoms with Gasteiger partial charge in [0.15, 0.2) is 5.82 Å². The summed E-state index contributed by atoms with van der Waals surface area (Å²) in [6, 6.07) is 7.07. The van der Waals surface area contributed by atoms with Gasteiger partial charge in [-0.3, -0.25) is 9.89 Å². The van der Waals surface area contributed by atoms with Crippen molar-refractivity contribution in [3.05, 3.63) is 29.3 Å². The lowest BCUT2D eigenvalue weighted by Gasteiger charge is -2.07. The summed E-state index contributed by atoms with van der Waals surface area (Å²) in [4.78, 5) is 12.0. The van der Waals surface area contributed by atoms with E-state index < -0.39 is 0 Å². The number of nitrogens with zero attached hydrogens (tertiary/aromatic N) is 1. The van der Waals surface area contributed by atoms with Crippen molar-refractivity contribution in [3.8, 4) is 17.0 Å². The largest absolute Gasteiger partial charge is 0.496 e. The van der Waals surface area contributed by atoms with Crippen LogP contribution in [0.25, 0.3) is 11.3 Å². The lowest BCUT2D eigenvalue weighted by Crippen LogP contribution is -2.22. The molecular weight excluding hydrogens is 306 g/mol. The Hall–Kier alpha value is -2.05. The van der Waals surface area contributed by atoms with Crippen molar-refractivity contribution in [2.75, 3.05) is 25.6 Å². The molecule has 1 atom stereocenters. The molecule has 1 aromatic heterocycles. The third kappa shape index (κ3) is 3.08. The van der Waals surface area contributed by atoms with Crippen LogP contribution < -0.4 is 10.1 Å². The summed E-state index contributed by atoms with van der Waals surface area (Å²) in [5.74, 6) is 0.957. The minimum atomic E-state index is -0.110. The molecule has 0 bridgehead atoms. The van der Waals surface area contributed by atoms with Gasteiger partial charge in [-0.15, -0.1) is 0 Å². The second-order valence-corrected chi connectivity index (χ2v) is 5.50. The zero-order chi connectivity index (χ0) is 15.5. The Morgan fingerprint density at radius 2 is 2.36 bits per heavy atom. The number of aromatic nitrogens is 2. The van der Waals surface area contributed by atoms with Gasteiger partial charge in [-0.25, -0.2) is 0 Å². The Bertz CT molecular complexity index is 680. The summed E-state index contributed by atoms with van der Waals surface area (Å²) in [6.45, 7) is 1.09. The van der Waals surface area contributed by atoms with Gasteiger partial charge >= 0.3 is 0 Å². The number of H-pyrrole nitrogens is 1. The molecule has 1 aliphatic heterocycles. The topological polar surface area (TPSA) is 76.2 Å². The smallest absolute Gasteiger partial charge is 0.231 e. The number of rotatable bonds is 4. The van der Waals surface area contributed by atoms with Crippen LogP contribution in [-0.4, -0.2) is 36.4 Å². The van der Waals surface area contributed by atoms with Crippen LogP contribution in [0.1, 0.15) is 6.42 Å². The number of aromatic amines is 1. The molecule has 2 heterocycles. The lowest BCUT2D eigenvalue weighted by atomic mass is 10.1. The van der Waals surface area contributed by atoms with Crippen LogP contribution in [0.5, 0.6) is 5.75 Å². The highest BCUT2D eigenvalue weighted by Gasteiger charge is 2.24. The minimum absolute atomic E-state index is 0.0754. The van der Waals surface area contributed by atoms with E-state index >= 15 is 0 Å². The van der Waals surface area contributed by atoms with Crippen LogP contribution in [-0.2, 0) is 9.53 Å². The van der Waals surface area contributed by atoms with Gasteiger partial charge in [0.2, 0.25) is 5.91 Å². The maximum absolute atomic E-state index is 12.0. The number of carbonyl (C=O) groups excluding carboxylic acids is 1. The number of halogens is 1. The fourth-order valence-electron chi connectivity index (χ4n) is 2.38. The van der Waals surface area contributed by atoms with E-state index in [0.717, 1.165) is 17.7 Å². The summed E-state index contributed by atoms with van der Waals surface area (Å²) in [6.07, 6.45) is 0.741. The number of anilines is 1. The second-order valence-electron chi connectivity index (χ2n) is 5.06. The van der Waals surface area contributed by atoms with E-state index in [2.05, 4.69) is 15.5 Å². The summed E-state index contributed by atoms with van der Waals surface area (Å²) in [7, 11) is 1.59. The molecule has 1 amide bonds. The first-order valence-electron chi connectivity index (χ1n) is 6.95. The maximum atomic E-state index is 12.0. The van der Waals surface area contributed by atoms with E-state index in [4.69, 9.17) is 21.1 Å². The standard InChI is InChI=1S/C15H16ClN3O3/c1-21-13-3-2-10(16)6-11(13)12-7-14(19-18-12)17-15(20)9-4-5-22-8-9/h2-3,6-7,9H,4-5,8H2,1H3,(H2,17,18,19,20)/t9-/m0/s1. The van der Waals surface area contributed by atoms with Gasteiger partial charge in [-0.05, 0) is 24.6 Å². The number of ether oxygens (including phenoxy) is 2. The van der Waals surface area contributed by atoms with Crippen LogP contribution in [0.15, 0.2) is 24.3 Å². The van der Waals surface area contributed by atoms with Gasteiger partial charge in [0, 0.05) is 23.3 Å². The molecule has 0 saturated carbocycles. The normalized spacial score (nSPS) is 17.5. The van der Waals surface area contributed by atoms with Gasteiger partial charge in [-0.2, -0.15) is 5.10 Å². The molecule has 1 aromatic carbocycles. The first-order chi connectivity index (χ1) is 10.7.